The number of nitrogen functional groups attached to an aromatic ring is 2. The number of hydrogen-bond donors (Lipinski definition) is 2. The molecule has 0 radical (unpaired) electrons. The standard InChI is InChI=1S/C17H20N2O5/c1-21-12-6-5-9(7-11(12)18)15(20)10-8-13(22-2)16(23-3)17(24-4)14(10)19/h5-8H,18-19H2,1-4H3. The number of ketones is 1. The molecule has 0 aromatic heterocycles. The molecule has 0 aliphatic rings. The van der Waals surface area contributed by atoms with Gasteiger partial charge in [0.05, 0.1) is 45.4 Å². The largest absolute Gasteiger partial charge is 0.495 e. The van der Waals surface area contributed by atoms with Crippen molar-refractivity contribution in [3.05, 3.63) is 35.4 Å². The van der Waals surface area contributed by atoms with Crippen molar-refractivity contribution in [1.82, 2.24) is 0 Å². The molecule has 4 N–H and O–H groups in total. The molecule has 0 spiro atoms. The van der Waals surface area contributed by atoms with Crippen molar-refractivity contribution >= 4 is 17.2 Å². The maximum absolute atomic E-state index is 12.8. The van der Waals surface area contributed by atoms with Gasteiger partial charge in [-0.25, -0.2) is 0 Å². The highest BCUT2D eigenvalue weighted by Crippen LogP contribution is 2.44. The molecule has 0 saturated heterocycles. The van der Waals surface area contributed by atoms with Gasteiger partial charge in [0.2, 0.25) is 5.75 Å². The molecule has 0 saturated carbocycles. The van der Waals surface area contributed by atoms with Crippen LogP contribution in [0.2, 0.25) is 0 Å². The second-order valence-electron chi connectivity index (χ2n) is 4.89. The van der Waals surface area contributed by atoms with Gasteiger partial charge >= 0.3 is 0 Å². The molecule has 0 atom stereocenters. The summed E-state index contributed by atoms with van der Waals surface area (Å²) in [4.78, 5) is 12.8. The van der Waals surface area contributed by atoms with Crippen molar-refractivity contribution < 1.29 is 23.7 Å². The lowest BCUT2D eigenvalue weighted by atomic mass is 9.99. The Labute approximate surface area is 140 Å². The molecule has 0 amide bonds. The third-order valence-corrected chi connectivity index (χ3v) is 3.60. The molecular weight excluding hydrogens is 312 g/mol. The first-order valence-electron chi connectivity index (χ1n) is 7.05. The maximum atomic E-state index is 12.8. The first-order chi connectivity index (χ1) is 11.5. The molecule has 2 rings (SSSR count). The average molecular weight is 332 g/mol. The lowest BCUT2D eigenvalue weighted by molar-refractivity contribution is 0.103. The molecule has 0 aliphatic heterocycles. The zero-order valence-electron chi connectivity index (χ0n) is 14.0. The van der Waals surface area contributed by atoms with Crippen LogP contribution in [0.1, 0.15) is 15.9 Å². The van der Waals surface area contributed by atoms with E-state index in [1.165, 1.54) is 40.6 Å². The molecule has 2 aromatic carbocycles. The topological polar surface area (TPSA) is 106 Å². The Morgan fingerprint density at radius 2 is 1.46 bits per heavy atom. The highest BCUT2D eigenvalue weighted by atomic mass is 16.5. The third-order valence-electron chi connectivity index (χ3n) is 3.60. The molecular formula is C17H20N2O5. The predicted molar refractivity (Wildman–Crippen MR) is 91.3 cm³/mol. The van der Waals surface area contributed by atoms with Crippen LogP contribution in [0.4, 0.5) is 11.4 Å². The molecule has 0 unspecified atom stereocenters. The van der Waals surface area contributed by atoms with Gasteiger partial charge in [0.15, 0.2) is 17.3 Å². The van der Waals surface area contributed by atoms with E-state index in [2.05, 4.69) is 0 Å². The first kappa shape index (κ1) is 17.3. The van der Waals surface area contributed by atoms with E-state index in [1.54, 1.807) is 12.1 Å². The predicted octanol–water partition coefficient (Wildman–Crippen LogP) is 2.12. The fourth-order valence-corrected chi connectivity index (χ4v) is 2.40. The number of carbonyl (C=O) groups excluding carboxylic acids is 1. The zero-order chi connectivity index (χ0) is 17.9. The number of anilines is 2. The highest BCUT2D eigenvalue weighted by molar-refractivity contribution is 6.14. The minimum absolute atomic E-state index is 0.162. The summed E-state index contributed by atoms with van der Waals surface area (Å²) in [6.45, 7) is 0. The molecule has 24 heavy (non-hydrogen) atoms. The van der Waals surface area contributed by atoms with Gasteiger partial charge in [-0.15, -0.1) is 0 Å². The summed E-state index contributed by atoms with van der Waals surface area (Å²) in [7, 11) is 5.87. The molecule has 128 valence electrons. The van der Waals surface area contributed by atoms with Crippen LogP contribution in [0.25, 0.3) is 0 Å². The van der Waals surface area contributed by atoms with Crippen molar-refractivity contribution in [3.63, 3.8) is 0 Å². The summed E-state index contributed by atoms with van der Waals surface area (Å²) >= 11 is 0. The minimum atomic E-state index is -0.318. The van der Waals surface area contributed by atoms with Gasteiger partial charge in [-0.3, -0.25) is 4.79 Å². The molecule has 0 aliphatic carbocycles. The van der Waals surface area contributed by atoms with E-state index in [9.17, 15) is 4.79 Å². The van der Waals surface area contributed by atoms with E-state index < -0.39 is 0 Å². The summed E-state index contributed by atoms with van der Waals surface area (Å²) in [5.41, 5.74) is 13.1. The van der Waals surface area contributed by atoms with Crippen molar-refractivity contribution in [2.45, 2.75) is 0 Å². The fourth-order valence-electron chi connectivity index (χ4n) is 2.40. The van der Waals surface area contributed by atoms with E-state index in [1.807, 2.05) is 0 Å². The van der Waals surface area contributed by atoms with E-state index in [0.717, 1.165) is 0 Å². The summed E-state index contributed by atoms with van der Waals surface area (Å²) in [5.74, 6) is 1.07. The zero-order valence-corrected chi connectivity index (χ0v) is 14.0. The summed E-state index contributed by atoms with van der Waals surface area (Å²) in [5, 5.41) is 0. The number of carbonyl (C=O) groups is 1. The molecule has 2 aromatic rings. The SMILES string of the molecule is COc1ccc(C(=O)c2cc(OC)c(OC)c(OC)c2N)cc1N. The summed E-state index contributed by atoms with van der Waals surface area (Å²) in [6, 6.07) is 6.28. The van der Waals surface area contributed by atoms with Crippen LogP contribution >= 0.6 is 0 Å². The van der Waals surface area contributed by atoms with Gasteiger partial charge in [0.1, 0.15) is 5.75 Å². The Morgan fingerprint density at radius 1 is 0.833 bits per heavy atom. The Morgan fingerprint density at radius 3 is 1.96 bits per heavy atom. The molecule has 0 heterocycles. The van der Waals surface area contributed by atoms with Crippen LogP contribution in [-0.4, -0.2) is 34.2 Å². The molecule has 0 fully saturated rings. The van der Waals surface area contributed by atoms with Gasteiger partial charge in [-0.05, 0) is 24.3 Å². The van der Waals surface area contributed by atoms with Crippen LogP contribution in [0.15, 0.2) is 24.3 Å². The number of rotatable bonds is 6. The molecule has 7 nitrogen and oxygen atoms in total. The van der Waals surface area contributed by atoms with Crippen LogP contribution in [0, 0.1) is 0 Å². The van der Waals surface area contributed by atoms with Crippen LogP contribution in [0.5, 0.6) is 23.0 Å². The lowest BCUT2D eigenvalue weighted by Crippen LogP contribution is -2.09. The fraction of sp³-hybridized carbons (Fsp3) is 0.235. The molecule has 0 bridgehead atoms. The van der Waals surface area contributed by atoms with E-state index in [0.29, 0.717) is 28.5 Å². The number of nitrogens with two attached hydrogens (primary N) is 2. The number of benzene rings is 2. The van der Waals surface area contributed by atoms with Gasteiger partial charge in [-0.2, -0.15) is 0 Å². The minimum Gasteiger partial charge on any atom is -0.495 e. The van der Waals surface area contributed by atoms with Gasteiger partial charge < -0.3 is 30.4 Å². The Hall–Kier alpha value is -3.09. The third kappa shape index (κ3) is 2.88. The monoisotopic (exact) mass is 332 g/mol. The summed E-state index contributed by atoms with van der Waals surface area (Å²) in [6.07, 6.45) is 0. The Balaban J connectivity index is 2.59. The van der Waals surface area contributed by atoms with Gasteiger partial charge in [-0.1, -0.05) is 0 Å². The van der Waals surface area contributed by atoms with Crippen molar-refractivity contribution in [2.24, 2.45) is 0 Å². The maximum Gasteiger partial charge on any atom is 0.205 e. The highest BCUT2D eigenvalue weighted by Gasteiger charge is 2.23. The van der Waals surface area contributed by atoms with Crippen molar-refractivity contribution in [2.75, 3.05) is 39.9 Å². The Kier molecular flexibility index (Phi) is 5.03. The Bertz CT molecular complexity index is 774. The van der Waals surface area contributed by atoms with E-state index in [4.69, 9.17) is 30.4 Å². The van der Waals surface area contributed by atoms with Gasteiger partial charge in [0, 0.05) is 5.56 Å². The lowest BCUT2D eigenvalue weighted by Gasteiger charge is -2.17. The second kappa shape index (κ2) is 6.99. The average Bonchev–Trinajstić information content (AvgIpc) is 2.60. The van der Waals surface area contributed by atoms with Gasteiger partial charge in [0.25, 0.3) is 0 Å². The normalized spacial score (nSPS) is 10.2. The van der Waals surface area contributed by atoms with Crippen molar-refractivity contribution in [3.8, 4) is 23.0 Å². The molecule has 7 heteroatoms. The smallest absolute Gasteiger partial charge is 0.205 e. The number of methoxy groups -OCH3 is 4. The van der Waals surface area contributed by atoms with E-state index in [-0.39, 0.29) is 22.8 Å². The quantitative estimate of drug-likeness (QED) is 0.616. The first-order valence-corrected chi connectivity index (χ1v) is 7.05. The second-order valence-corrected chi connectivity index (χ2v) is 4.89. The van der Waals surface area contributed by atoms with Crippen LogP contribution in [0.3, 0.4) is 0 Å². The number of hydrogen-bond acceptors (Lipinski definition) is 7. The number of ether oxygens (including phenoxy) is 4. The van der Waals surface area contributed by atoms with Crippen LogP contribution in [-0.2, 0) is 0 Å². The van der Waals surface area contributed by atoms with E-state index >= 15 is 0 Å². The summed E-state index contributed by atoms with van der Waals surface area (Å²) < 4.78 is 20.9. The van der Waals surface area contributed by atoms with Crippen LogP contribution < -0.4 is 30.4 Å². The van der Waals surface area contributed by atoms with Crippen molar-refractivity contribution in [1.29, 1.82) is 0 Å².